The first-order chi connectivity index (χ1) is 8.17. The van der Waals surface area contributed by atoms with Gasteiger partial charge >= 0.3 is 5.97 Å². The third-order valence-electron chi connectivity index (χ3n) is 2.43. The summed E-state index contributed by atoms with van der Waals surface area (Å²) >= 11 is 5.99. The second kappa shape index (κ2) is 4.59. The fraction of sp³-hybridized carbons (Fsp3) is 0.167. The topological polar surface area (TPSA) is 48.4 Å². The second-order valence-corrected chi connectivity index (χ2v) is 3.72. The minimum Gasteiger partial charge on any atom is -0.496 e. The number of halogens is 1. The Bertz CT molecular complexity index is 583. The quantitative estimate of drug-likeness (QED) is 0.608. The molecule has 0 saturated heterocycles. The first-order valence-electron chi connectivity index (χ1n) is 4.88. The van der Waals surface area contributed by atoms with Gasteiger partial charge in [0.2, 0.25) is 0 Å². The number of pyridine rings is 1. The van der Waals surface area contributed by atoms with Gasteiger partial charge in [-0.25, -0.2) is 9.78 Å². The molecule has 17 heavy (non-hydrogen) atoms. The van der Waals surface area contributed by atoms with Crippen molar-refractivity contribution < 1.29 is 14.3 Å². The number of nitrogens with zero attached hydrogens (tertiary/aromatic N) is 1. The highest BCUT2D eigenvalue weighted by Gasteiger charge is 2.12. The number of rotatable bonds is 2. The number of carbonyl (C=O) groups excluding carboxylic acids is 1. The SMILES string of the molecule is COC(=O)c1cc(OC)c2ccnc(Cl)c2c1. The van der Waals surface area contributed by atoms with Crippen LogP contribution in [0, 0.1) is 0 Å². The van der Waals surface area contributed by atoms with Gasteiger partial charge in [-0.15, -0.1) is 0 Å². The first-order valence-corrected chi connectivity index (χ1v) is 5.25. The predicted molar refractivity (Wildman–Crippen MR) is 64.6 cm³/mol. The molecule has 0 atom stereocenters. The lowest BCUT2D eigenvalue weighted by Crippen LogP contribution is -2.02. The minimum absolute atomic E-state index is 0.326. The van der Waals surface area contributed by atoms with E-state index in [1.165, 1.54) is 14.2 Å². The summed E-state index contributed by atoms with van der Waals surface area (Å²) in [7, 11) is 2.86. The summed E-state index contributed by atoms with van der Waals surface area (Å²) in [4.78, 5) is 15.5. The third-order valence-corrected chi connectivity index (χ3v) is 2.74. The van der Waals surface area contributed by atoms with Crippen LogP contribution in [0.25, 0.3) is 10.8 Å². The molecule has 0 saturated carbocycles. The van der Waals surface area contributed by atoms with Crippen molar-refractivity contribution in [1.29, 1.82) is 0 Å². The van der Waals surface area contributed by atoms with Crippen molar-refractivity contribution in [2.24, 2.45) is 0 Å². The molecule has 88 valence electrons. The number of methoxy groups -OCH3 is 2. The molecule has 0 spiro atoms. The van der Waals surface area contributed by atoms with Crippen molar-refractivity contribution in [3.63, 3.8) is 0 Å². The number of hydrogen-bond donors (Lipinski definition) is 0. The van der Waals surface area contributed by atoms with E-state index in [0.717, 1.165) is 5.39 Å². The van der Waals surface area contributed by atoms with Crippen LogP contribution in [0.1, 0.15) is 10.4 Å². The largest absolute Gasteiger partial charge is 0.496 e. The normalized spacial score (nSPS) is 10.3. The van der Waals surface area contributed by atoms with Crippen LogP contribution in [-0.2, 0) is 4.74 Å². The highest BCUT2D eigenvalue weighted by Crippen LogP contribution is 2.31. The number of fused-ring (bicyclic) bond motifs is 1. The molecule has 0 aliphatic carbocycles. The van der Waals surface area contributed by atoms with E-state index in [1.807, 2.05) is 0 Å². The van der Waals surface area contributed by atoms with Gasteiger partial charge in [0.25, 0.3) is 0 Å². The molecule has 0 bridgehead atoms. The Kier molecular flexibility index (Phi) is 3.15. The number of aromatic nitrogens is 1. The van der Waals surface area contributed by atoms with Crippen LogP contribution in [0.15, 0.2) is 24.4 Å². The average Bonchev–Trinajstić information content (AvgIpc) is 2.37. The maximum absolute atomic E-state index is 11.5. The van der Waals surface area contributed by atoms with Crippen LogP contribution in [-0.4, -0.2) is 25.2 Å². The Hall–Kier alpha value is -1.81. The van der Waals surface area contributed by atoms with E-state index < -0.39 is 5.97 Å². The summed E-state index contributed by atoms with van der Waals surface area (Å²) in [6.45, 7) is 0. The standard InChI is InChI=1S/C12H10ClNO3/c1-16-10-6-7(12(15)17-2)5-9-8(10)3-4-14-11(9)13/h3-6H,1-2H3. The van der Waals surface area contributed by atoms with E-state index in [-0.39, 0.29) is 0 Å². The molecule has 0 radical (unpaired) electrons. The number of hydrogen-bond acceptors (Lipinski definition) is 4. The lowest BCUT2D eigenvalue weighted by atomic mass is 10.1. The lowest BCUT2D eigenvalue weighted by molar-refractivity contribution is 0.0600. The summed E-state index contributed by atoms with van der Waals surface area (Å²) in [6, 6.07) is 5.03. The maximum Gasteiger partial charge on any atom is 0.338 e. The van der Waals surface area contributed by atoms with Crippen LogP contribution >= 0.6 is 11.6 Å². The zero-order valence-electron chi connectivity index (χ0n) is 9.36. The van der Waals surface area contributed by atoms with Gasteiger partial charge in [0.1, 0.15) is 10.9 Å². The van der Waals surface area contributed by atoms with E-state index >= 15 is 0 Å². The molecule has 1 aromatic heterocycles. The fourth-order valence-electron chi connectivity index (χ4n) is 1.62. The molecule has 0 unspecified atom stereocenters. The molecule has 2 aromatic rings. The van der Waals surface area contributed by atoms with Crippen molar-refractivity contribution in [1.82, 2.24) is 4.98 Å². The molecule has 1 aromatic carbocycles. The first kappa shape index (κ1) is 11.7. The highest BCUT2D eigenvalue weighted by molar-refractivity contribution is 6.34. The monoisotopic (exact) mass is 251 g/mol. The molecule has 0 amide bonds. The van der Waals surface area contributed by atoms with Gasteiger partial charge in [0, 0.05) is 17.0 Å². The van der Waals surface area contributed by atoms with Gasteiger partial charge in [-0.1, -0.05) is 11.6 Å². The molecule has 0 N–H and O–H groups in total. The number of benzene rings is 1. The number of carbonyl (C=O) groups is 1. The van der Waals surface area contributed by atoms with E-state index in [4.69, 9.17) is 16.3 Å². The van der Waals surface area contributed by atoms with E-state index in [9.17, 15) is 4.79 Å². The second-order valence-electron chi connectivity index (χ2n) is 3.37. The molecule has 4 nitrogen and oxygen atoms in total. The van der Waals surface area contributed by atoms with E-state index in [0.29, 0.717) is 21.9 Å². The van der Waals surface area contributed by atoms with Gasteiger partial charge in [0.05, 0.1) is 19.8 Å². The summed E-state index contributed by atoms with van der Waals surface area (Å²) in [5.74, 6) is 0.123. The van der Waals surface area contributed by atoms with Crippen LogP contribution < -0.4 is 4.74 Å². The van der Waals surface area contributed by atoms with Crippen molar-refractivity contribution in [2.45, 2.75) is 0 Å². The van der Waals surface area contributed by atoms with E-state index in [1.54, 1.807) is 24.4 Å². The molecule has 5 heteroatoms. The van der Waals surface area contributed by atoms with Crippen molar-refractivity contribution in [3.8, 4) is 5.75 Å². The number of ether oxygens (including phenoxy) is 2. The Labute approximate surface area is 103 Å². The summed E-state index contributed by atoms with van der Waals surface area (Å²) in [5, 5.41) is 1.79. The Morgan fingerprint density at radius 1 is 1.29 bits per heavy atom. The Morgan fingerprint density at radius 3 is 2.71 bits per heavy atom. The summed E-state index contributed by atoms with van der Waals surface area (Å²) in [6.07, 6.45) is 1.59. The minimum atomic E-state index is -0.440. The molecule has 2 rings (SSSR count). The Balaban J connectivity index is 2.76. The van der Waals surface area contributed by atoms with Crippen LogP contribution in [0.3, 0.4) is 0 Å². The summed E-state index contributed by atoms with van der Waals surface area (Å²) < 4.78 is 9.89. The lowest BCUT2D eigenvalue weighted by Gasteiger charge is -2.08. The molecule has 1 heterocycles. The summed E-state index contributed by atoms with van der Waals surface area (Å²) in [5.41, 5.74) is 0.381. The van der Waals surface area contributed by atoms with Gasteiger partial charge in [-0.3, -0.25) is 0 Å². The molecule has 0 aliphatic heterocycles. The molecular weight excluding hydrogens is 242 g/mol. The van der Waals surface area contributed by atoms with Crippen LogP contribution in [0.4, 0.5) is 0 Å². The van der Waals surface area contributed by atoms with Gasteiger partial charge in [0.15, 0.2) is 0 Å². The fourth-order valence-corrected chi connectivity index (χ4v) is 1.83. The van der Waals surface area contributed by atoms with E-state index in [2.05, 4.69) is 9.72 Å². The van der Waals surface area contributed by atoms with Gasteiger partial charge in [-0.2, -0.15) is 0 Å². The average molecular weight is 252 g/mol. The Morgan fingerprint density at radius 2 is 2.06 bits per heavy atom. The van der Waals surface area contributed by atoms with Gasteiger partial charge in [-0.05, 0) is 18.2 Å². The molecular formula is C12H10ClNO3. The predicted octanol–water partition coefficient (Wildman–Crippen LogP) is 2.68. The van der Waals surface area contributed by atoms with Gasteiger partial charge < -0.3 is 9.47 Å². The zero-order valence-corrected chi connectivity index (χ0v) is 10.1. The highest BCUT2D eigenvalue weighted by atomic mass is 35.5. The molecule has 0 aliphatic rings. The van der Waals surface area contributed by atoms with Crippen molar-refractivity contribution in [2.75, 3.05) is 14.2 Å². The van der Waals surface area contributed by atoms with Crippen LogP contribution in [0.5, 0.6) is 5.75 Å². The maximum atomic E-state index is 11.5. The zero-order chi connectivity index (χ0) is 12.4. The van der Waals surface area contributed by atoms with Crippen molar-refractivity contribution in [3.05, 3.63) is 35.1 Å². The smallest absolute Gasteiger partial charge is 0.338 e. The number of esters is 1. The molecule has 0 fully saturated rings. The third kappa shape index (κ3) is 2.03. The van der Waals surface area contributed by atoms with Crippen molar-refractivity contribution >= 4 is 28.3 Å². The van der Waals surface area contributed by atoms with Crippen LogP contribution in [0.2, 0.25) is 5.15 Å².